The molecule has 0 aliphatic rings. The SMILES string of the molecule is Cc1ccc2[nH]c(C)c(CC(=O)N[C@@H](C)c3ccncc3)c2c1. The molecular weight excluding hydrogens is 286 g/mol. The van der Waals surface area contributed by atoms with Crippen molar-refractivity contribution < 1.29 is 4.79 Å². The van der Waals surface area contributed by atoms with E-state index in [0.29, 0.717) is 6.42 Å². The number of fused-ring (bicyclic) bond motifs is 1. The molecule has 2 heterocycles. The van der Waals surface area contributed by atoms with Gasteiger partial charge in [-0.15, -0.1) is 0 Å². The molecule has 0 spiro atoms. The number of pyridine rings is 1. The molecule has 2 aromatic heterocycles. The molecule has 3 aromatic rings. The highest BCUT2D eigenvalue weighted by molar-refractivity contribution is 5.90. The highest BCUT2D eigenvalue weighted by Gasteiger charge is 2.15. The van der Waals surface area contributed by atoms with Gasteiger partial charge in [-0.3, -0.25) is 9.78 Å². The maximum atomic E-state index is 12.4. The van der Waals surface area contributed by atoms with E-state index in [1.165, 1.54) is 5.56 Å². The number of amides is 1. The van der Waals surface area contributed by atoms with Gasteiger partial charge in [-0.25, -0.2) is 0 Å². The van der Waals surface area contributed by atoms with Crippen molar-refractivity contribution in [2.45, 2.75) is 33.2 Å². The lowest BCUT2D eigenvalue weighted by Gasteiger charge is -2.14. The molecule has 4 heteroatoms. The summed E-state index contributed by atoms with van der Waals surface area (Å²) in [6, 6.07) is 10.1. The number of aryl methyl sites for hydroxylation is 2. The Morgan fingerprint density at radius 3 is 2.70 bits per heavy atom. The normalized spacial score (nSPS) is 12.3. The largest absolute Gasteiger partial charge is 0.358 e. The van der Waals surface area contributed by atoms with E-state index in [-0.39, 0.29) is 11.9 Å². The van der Waals surface area contributed by atoms with E-state index in [4.69, 9.17) is 0 Å². The summed E-state index contributed by atoms with van der Waals surface area (Å²) in [4.78, 5) is 19.8. The summed E-state index contributed by atoms with van der Waals surface area (Å²) in [6.07, 6.45) is 3.86. The molecule has 2 N–H and O–H groups in total. The highest BCUT2D eigenvalue weighted by atomic mass is 16.1. The number of H-pyrrole nitrogens is 1. The Kier molecular flexibility index (Phi) is 4.15. The van der Waals surface area contributed by atoms with Gasteiger partial charge in [0.2, 0.25) is 5.91 Å². The van der Waals surface area contributed by atoms with Crippen molar-refractivity contribution >= 4 is 16.8 Å². The topological polar surface area (TPSA) is 57.8 Å². The zero-order chi connectivity index (χ0) is 16.4. The maximum Gasteiger partial charge on any atom is 0.224 e. The van der Waals surface area contributed by atoms with Gasteiger partial charge in [0.25, 0.3) is 0 Å². The monoisotopic (exact) mass is 307 g/mol. The van der Waals surface area contributed by atoms with Crippen LogP contribution in [0.3, 0.4) is 0 Å². The molecule has 118 valence electrons. The fourth-order valence-corrected chi connectivity index (χ4v) is 2.91. The second-order valence-electron chi connectivity index (χ2n) is 6.02. The Hall–Kier alpha value is -2.62. The molecule has 0 aliphatic heterocycles. The fraction of sp³-hybridized carbons (Fsp3) is 0.263. The van der Waals surface area contributed by atoms with Crippen LogP contribution in [0.15, 0.2) is 42.7 Å². The van der Waals surface area contributed by atoms with Gasteiger partial charge in [0, 0.05) is 29.0 Å². The van der Waals surface area contributed by atoms with Crippen LogP contribution in [0.1, 0.15) is 35.3 Å². The summed E-state index contributed by atoms with van der Waals surface area (Å²) in [7, 11) is 0. The summed E-state index contributed by atoms with van der Waals surface area (Å²) in [5.41, 5.74) is 5.46. The first-order chi connectivity index (χ1) is 11.0. The number of rotatable bonds is 4. The molecule has 0 saturated heterocycles. The van der Waals surface area contributed by atoms with E-state index < -0.39 is 0 Å². The summed E-state index contributed by atoms with van der Waals surface area (Å²) in [5.74, 6) is 0.0276. The lowest BCUT2D eigenvalue weighted by atomic mass is 10.0. The van der Waals surface area contributed by atoms with Crippen LogP contribution in [0.4, 0.5) is 0 Å². The molecule has 23 heavy (non-hydrogen) atoms. The first-order valence-electron chi connectivity index (χ1n) is 7.81. The van der Waals surface area contributed by atoms with E-state index in [1.807, 2.05) is 26.0 Å². The average molecular weight is 307 g/mol. The Labute approximate surface area is 136 Å². The molecule has 0 saturated carbocycles. The van der Waals surface area contributed by atoms with Crippen molar-refractivity contribution in [3.63, 3.8) is 0 Å². The van der Waals surface area contributed by atoms with Crippen LogP contribution in [0.25, 0.3) is 10.9 Å². The van der Waals surface area contributed by atoms with Crippen LogP contribution in [0, 0.1) is 13.8 Å². The van der Waals surface area contributed by atoms with Crippen molar-refractivity contribution in [2.75, 3.05) is 0 Å². The smallest absolute Gasteiger partial charge is 0.224 e. The summed E-state index contributed by atoms with van der Waals surface area (Å²) < 4.78 is 0. The van der Waals surface area contributed by atoms with E-state index in [0.717, 1.165) is 27.7 Å². The number of carbonyl (C=O) groups excluding carboxylic acids is 1. The molecule has 1 aromatic carbocycles. The number of nitrogens with zero attached hydrogens (tertiary/aromatic N) is 1. The molecule has 3 rings (SSSR count). The zero-order valence-electron chi connectivity index (χ0n) is 13.7. The Morgan fingerprint density at radius 2 is 1.96 bits per heavy atom. The Morgan fingerprint density at radius 1 is 1.22 bits per heavy atom. The van der Waals surface area contributed by atoms with Crippen LogP contribution < -0.4 is 5.32 Å². The van der Waals surface area contributed by atoms with Crippen LogP contribution in [0.2, 0.25) is 0 Å². The van der Waals surface area contributed by atoms with Crippen molar-refractivity contribution in [3.8, 4) is 0 Å². The third kappa shape index (κ3) is 3.26. The molecule has 0 aliphatic carbocycles. The minimum absolute atomic E-state index is 0.0276. The van der Waals surface area contributed by atoms with Crippen molar-refractivity contribution in [1.29, 1.82) is 0 Å². The lowest BCUT2D eigenvalue weighted by Crippen LogP contribution is -2.28. The van der Waals surface area contributed by atoms with Crippen LogP contribution >= 0.6 is 0 Å². The van der Waals surface area contributed by atoms with Crippen LogP contribution in [-0.2, 0) is 11.2 Å². The lowest BCUT2D eigenvalue weighted by molar-refractivity contribution is -0.121. The molecule has 1 atom stereocenters. The Bertz CT molecular complexity index is 836. The average Bonchev–Trinajstić information content (AvgIpc) is 2.84. The first kappa shape index (κ1) is 15.3. The van der Waals surface area contributed by atoms with Crippen molar-refractivity contribution in [2.24, 2.45) is 0 Å². The van der Waals surface area contributed by atoms with Crippen LogP contribution in [-0.4, -0.2) is 15.9 Å². The standard InChI is InChI=1S/C19H21N3O/c1-12-4-5-18-17(10-12)16(14(3)21-18)11-19(23)22-13(2)15-6-8-20-9-7-15/h4-10,13,21H,11H2,1-3H3,(H,22,23)/t13-/m0/s1. The quantitative estimate of drug-likeness (QED) is 0.773. The number of hydrogen-bond acceptors (Lipinski definition) is 2. The predicted octanol–water partition coefficient (Wildman–Crippen LogP) is 3.60. The Balaban J connectivity index is 1.78. The third-order valence-corrected chi connectivity index (χ3v) is 4.20. The highest BCUT2D eigenvalue weighted by Crippen LogP contribution is 2.24. The zero-order valence-corrected chi connectivity index (χ0v) is 13.7. The molecule has 0 fully saturated rings. The summed E-state index contributed by atoms with van der Waals surface area (Å²) >= 11 is 0. The van der Waals surface area contributed by atoms with Crippen molar-refractivity contribution in [1.82, 2.24) is 15.3 Å². The van der Waals surface area contributed by atoms with Crippen LogP contribution in [0.5, 0.6) is 0 Å². The van der Waals surface area contributed by atoms with Gasteiger partial charge >= 0.3 is 0 Å². The fourth-order valence-electron chi connectivity index (χ4n) is 2.91. The van der Waals surface area contributed by atoms with Gasteiger partial charge in [0.15, 0.2) is 0 Å². The van der Waals surface area contributed by atoms with E-state index in [9.17, 15) is 4.79 Å². The number of hydrogen-bond donors (Lipinski definition) is 2. The summed E-state index contributed by atoms with van der Waals surface area (Å²) in [5, 5.41) is 4.19. The van der Waals surface area contributed by atoms with Gasteiger partial charge < -0.3 is 10.3 Å². The number of benzene rings is 1. The number of nitrogens with one attached hydrogen (secondary N) is 2. The summed E-state index contributed by atoms with van der Waals surface area (Å²) in [6.45, 7) is 6.07. The molecule has 0 unspecified atom stereocenters. The third-order valence-electron chi connectivity index (χ3n) is 4.20. The minimum Gasteiger partial charge on any atom is -0.358 e. The first-order valence-corrected chi connectivity index (χ1v) is 7.81. The second kappa shape index (κ2) is 6.24. The van der Waals surface area contributed by atoms with E-state index in [1.54, 1.807) is 12.4 Å². The predicted molar refractivity (Wildman–Crippen MR) is 92.3 cm³/mol. The molecule has 0 bridgehead atoms. The molecule has 0 radical (unpaired) electrons. The maximum absolute atomic E-state index is 12.4. The molecule has 1 amide bonds. The van der Waals surface area contributed by atoms with Crippen molar-refractivity contribution in [3.05, 3.63) is 65.1 Å². The number of aromatic nitrogens is 2. The van der Waals surface area contributed by atoms with Gasteiger partial charge in [-0.2, -0.15) is 0 Å². The van der Waals surface area contributed by atoms with Gasteiger partial charge in [0.05, 0.1) is 12.5 Å². The molecular formula is C19H21N3O. The molecule has 4 nitrogen and oxygen atoms in total. The number of carbonyl (C=O) groups is 1. The van der Waals surface area contributed by atoms with Gasteiger partial charge in [0.1, 0.15) is 0 Å². The second-order valence-corrected chi connectivity index (χ2v) is 6.02. The minimum atomic E-state index is -0.0299. The van der Waals surface area contributed by atoms with Gasteiger partial charge in [-0.1, -0.05) is 11.6 Å². The number of aromatic amines is 1. The van der Waals surface area contributed by atoms with E-state index >= 15 is 0 Å². The van der Waals surface area contributed by atoms with Gasteiger partial charge in [-0.05, 0) is 56.2 Å². The van der Waals surface area contributed by atoms with E-state index in [2.05, 4.69) is 40.4 Å².